The molecule has 0 radical (unpaired) electrons. The topological polar surface area (TPSA) is 99.7 Å². The molecule has 0 saturated heterocycles. The summed E-state index contributed by atoms with van der Waals surface area (Å²) in [6, 6.07) is 21.3. The number of nitrogens with zero attached hydrogens (tertiary/aromatic N) is 1. The fourth-order valence-corrected chi connectivity index (χ4v) is 4.40. The lowest BCUT2D eigenvalue weighted by Crippen LogP contribution is -2.14. The average Bonchev–Trinajstić information content (AvgIpc) is 2.83. The van der Waals surface area contributed by atoms with E-state index in [0.717, 1.165) is 0 Å². The summed E-state index contributed by atoms with van der Waals surface area (Å²) in [5, 5.41) is 12.7. The second-order valence-corrected chi connectivity index (χ2v) is 7.66. The van der Waals surface area contributed by atoms with Gasteiger partial charge >= 0.3 is 5.63 Å². The molecule has 6 rings (SSSR count). The van der Waals surface area contributed by atoms with Gasteiger partial charge in [-0.15, -0.1) is 0 Å². The van der Waals surface area contributed by atoms with E-state index in [0.29, 0.717) is 55.5 Å². The van der Waals surface area contributed by atoms with Crippen molar-refractivity contribution in [3.05, 3.63) is 111 Å². The molecule has 5 aromatic rings. The molecule has 0 fully saturated rings. The molecule has 1 aliphatic carbocycles. The van der Waals surface area contributed by atoms with Crippen LogP contribution in [0, 0.1) is 10.1 Å². The molecule has 33 heavy (non-hydrogen) atoms. The van der Waals surface area contributed by atoms with Gasteiger partial charge in [0.15, 0.2) is 5.78 Å². The average molecular weight is 435 g/mol. The summed E-state index contributed by atoms with van der Waals surface area (Å²) in [6.07, 6.45) is 0. The van der Waals surface area contributed by atoms with Gasteiger partial charge < -0.3 is 9.15 Å². The smallest absolute Gasteiger partial charge is 0.336 e. The summed E-state index contributed by atoms with van der Waals surface area (Å²) in [5.74, 6) is 0.396. The highest BCUT2D eigenvalue weighted by Gasteiger charge is 2.32. The quantitative estimate of drug-likeness (QED) is 0.149. The second-order valence-electron chi connectivity index (χ2n) is 7.66. The normalized spacial score (nSPS) is 12.1. The van der Waals surface area contributed by atoms with Gasteiger partial charge in [0, 0.05) is 45.5 Å². The van der Waals surface area contributed by atoms with Gasteiger partial charge in [-0.25, -0.2) is 4.79 Å². The lowest BCUT2D eigenvalue weighted by Gasteiger charge is -2.23. The third-order valence-corrected chi connectivity index (χ3v) is 5.81. The maximum atomic E-state index is 13.7. The lowest BCUT2D eigenvalue weighted by molar-refractivity contribution is -0.384. The highest BCUT2D eigenvalue weighted by atomic mass is 16.6. The zero-order chi connectivity index (χ0) is 22.7. The Morgan fingerprint density at radius 3 is 2.18 bits per heavy atom. The van der Waals surface area contributed by atoms with Gasteiger partial charge in [-0.2, -0.15) is 0 Å². The van der Waals surface area contributed by atoms with E-state index in [4.69, 9.17) is 9.15 Å². The van der Waals surface area contributed by atoms with Crippen molar-refractivity contribution in [2.24, 2.45) is 0 Å². The number of non-ortho nitro benzene ring substituents is 1. The van der Waals surface area contributed by atoms with Crippen LogP contribution in [-0.2, 0) is 0 Å². The van der Waals surface area contributed by atoms with Crippen molar-refractivity contribution in [2.45, 2.75) is 0 Å². The predicted molar refractivity (Wildman–Crippen MR) is 122 cm³/mol. The predicted octanol–water partition coefficient (Wildman–Crippen LogP) is 5.86. The molecule has 0 amide bonds. The Bertz CT molecular complexity index is 1700. The number of benzene rings is 4. The van der Waals surface area contributed by atoms with Crippen LogP contribution in [0.2, 0.25) is 0 Å². The van der Waals surface area contributed by atoms with Crippen LogP contribution < -0.4 is 10.4 Å². The Morgan fingerprint density at radius 2 is 1.45 bits per heavy atom. The van der Waals surface area contributed by atoms with Gasteiger partial charge in [0.05, 0.1) is 10.5 Å². The molecular weight excluding hydrogens is 422 g/mol. The van der Waals surface area contributed by atoms with Gasteiger partial charge in [-0.1, -0.05) is 48.5 Å². The Labute approximate surface area is 185 Å². The van der Waals surface area contributed by atoms with E-state index in [2.05, 4.69) is 0 Å². The van der Waals surface area contributed by atoms with Gasteiger partial charge in [0.1, 0.15) is 17.1 Å². The summed E-state index contributed by atoms with van der Waals surface area (Å²) in [4.78, 5) is 36.7. The molecule has 1 heterocycles. The van der Waals surface area contributed by atoms with Crippen LogP contribution in [0.5, 0.6) is 11.5 Å². The summed E-state index contributed by atoms with van der Waals surface area (Å²) < 4.78 is 11.8. The summed E-state index contributed by atoms with van der Waals surface area (Å²) in [5.41, 5.74) is 1.75. The third-order valence-electron chi connectivity index (χ3n) is 5.81. The van der Waals surface area contributed by atoms with Gasteiger partial charge in [0.25, 0.3) is 5.69 Å². The van der Waals surface area contributed by atoms with E-state index < -0.39 is 10.5 Å². The molecule has 0 N–H and O–H groups in total. The number of ether oxygens (including phenoxy) is 1. The lowest BCUT2D eigenvalue weighted by atomic mass is 9.82. The van der Waals surface area contributed by atoms with Crippen molar-refractivity contribution in [2.75, 3.05) is 0 Å². The Balaban J connectivity index is 1.72. The van der Waals surface area contributed by atoms with Crippen molar-refractivity contribution in [3.63, 3.8) is 0 Å². The molecule has 0 aliphatic heterocycles. The van der Waals surface area contributed by atoms with Crippen LogP contribution >= 0.6 is 0 Å². The van der Waals surface area contributed by atoms with E-state index >= 15 is 0 Å². The molecule has 0 spiro atoms. The van der Waals surface area contributed by atoms with Crippen molar-refractivity contribution >= 4 is 33.2 Å². The standard InChI is InChI=1S/C26H13NO6/c28-21-13-20-16-5-1-2-6-17(16)24(29)23-22(20)25(33-21)18-7-3-4-8-19(18)26(23)32-15-11-9-14(10-12-15)27(30)31/h1-13H. The van der Waals surface area contributed by atoms with Crippen LogP contribution in [0.4, 0.5) is 5.69 Å². The van der Waals surface area contributed by atoms with Gasteiger partial charge in [0.2, 0.25) is 0 Å². The van der Waals surface area contributed by atoms with Crippen LogP contribution in [0.25, 0.3) is 32.9 Å². The minimum Gasteiger partial charge on any atom is -0.456 e. The fourth-order valence-electron chi connectivity index (χ4n) is 4.40. The Morgan fingerprint density at radius 1 is 0.788 bits per heavy atom. The van der Waals surface area contributed by atoms with E-state index in [1.54, 1.807) is 36.4 Å². The molecule has 7 heteroatoms. The first-order chi connectivity index (χ1) is 16.0. The Hall–Kier alpha value is -4.78. The van der Waals surface area contributed by atoms with Crippen LogP contribution in [0.3, 0.4) is 0 Å². The number of hydrogen-bond acceptors (Lipinski definition) is 6. The molecule has 4 aromatic carbocycles. The van der Waals surface area contributed by atoms with E-state index in [9.17, 15) is 19.7 Å². The van der Waals surface area contributed by atoms with Crippen molar-refractivity contribution < 1.29 is 18.9 Å². The number of rotatable bonds is 3. The van der Waals surface area contributed by atoms with Gasteiger partial charge in [-0.05, 0) is 17.7 Å². The number of nitro groups is 1. The second kappa shape index (κ2) is 6.86. The molecular formula is C26H13NO6. The zero-order valence-corrected chi connectivity index (χ0v) is 16.9. The first-order valence-electron chi connectivity index (χ1n) is 10.1. The van der Waals surface area contributed by atoms with Crippen LogP contribution in [0.15, 0.2) is 88.1 Å². The summed E-state index contributed by atoms with van der Waals surface area (Å²) in [6.45, 7) is 0. The minimum atomic E-state index is -0.512. The number of ketones is 1. The fraction of sp³-hybridized carbons (Fsp3) is 0. The van der Waals surface area contributed by atoms with Crippen molar-refractivity contribution in [3.8, 4) is 22.6 Å². The van der Waals surface area contributed by atoms with Crippen LogP contribution in [-0.4, -0.2) is 10.7 Å². The molecule has 0 saturated carbocycles. The van der Waals surface area contributed by atoms with E-state index in [1.807, 2.05) is 12.1 Å². The molecule has 158 valence electrons. The zero-order valence-electron chi connectivity index (χ0n) is 16.9. The molecule has 1 aromatic heterocycles. The molecule has 1 aliphatic rings. The maximum Gasteiger partial charge on any atom is 0.336 e. The van der Waals surface area contributed by atoms with Crippen molar-refractivity contribution in [1.29, 1.82) is 0 Å². The maximum absolute atomic E-state index is 13.7. The SMILES string of the molecule is O=C1c2ccccc2-c2cc(=O)oc3c2c1c(Oc1ccc([N+](=O)[O-])cc1)c1ccccc13. The molecule has 7 nitrogen and oxygen atoms in total. The Kier molecular flexibility index (Phi) is 3.94. The highest BCUT2D eigenvalue weighted by Crippen LogP contribution is 2.47. The monoisotopic (exact) mass is 435 g/mol. The first kappa shape index (κ1) is 18.9. The third kappa shape index (κ3) is 2.76. The van der Waals surface area contributed by atoms with Crippen LogP contribution in [0.1, 0.15) is 15.9 Å². The highest BCUT2D eigenvalue weighted by molar-refractivity contribution is 6.31. The molecule has 0 atom stereocenters. The summed E-state index contributed by atoms with van der Waals surface area (Å²) in [7, 11) is 0. The minimum absolute atomic E-state index is 0.0684. The number of hydrogen-bond donors (Lipinski definition) is 0. The molecule has 0 bridgehead atoms. The number of fused-ring (bicyclic) bond motifs is 4. The van der Waals surface area contributed by atoms with Crippen molar-refractivity contribution in [1.82, 2.24) is 0 Å². The number of nitro benzene ring substituents is 1. The van der Waals surface area contributed by atoms with E-state index in [-0.39, 0.29) is 11.5 Å². The first-order valence-corrected chi connectivity index (χ1v) is 10.1. The van der Waals surface area contributed by atoms with E-state index in [1.165, 1.54) is 30.3 Å². The largest absolute Gasteiger partial charge is 0.456 e. The number of carbonyl (C=O) groups excluding carboxylic acids is 1. The number of carbonyl (C=O) groups is 1. The molecule has 0 unspecified atom stereocenters. The summed E-state index contributed by atoms with van der Waals surface area (Å²) >= 11 is 0. The van der Waals surface area contributed by atoms with Gasteiger partial charge in [-0.3, -0.25) is 14.9 Å².